The van der Waals surface area contributed by atoms with Crippen LogP contribution in [0.1, 0.15) is 18.1 Å². The molecule has 1 aliphatic rings. The van der Waals surface area contributed by atoms with Gasteiger partial charge in [0.15, 0.2) is 0 Å². The summed E-state index contributed by atoms with van der Waals surface area (Å²) in [5.41, 5.74) is 3.10. The summed E-state index contributed by atoms with van der Waals surface area (Å²) in [4.78, 5) is 16.7. The lowest BCUT2D eigenvalue weighted by Crippen LogP contribution is -2.48. The molecule has 1 aliphatic heterocycles. The Bertz CT molecular complexity index is 724. The number of amides is 1. The van der Waals surface area contributed by atoms with Crippen molar-refractivity contribution in [2.45, 2.75) is 19.9 Å². The SMILES string of the molecule is CCc1ccc(NC(=O)CN2CCN(Cc3cccc(F)c3)CC2)cc1. The number of nitrogens with zero attached hydrogens (tertiary/aromatic N) is 2. The molecule has 0 spiro atoms. The van der Waals surface area contributed by atoms with Crippen LogP contribution in [0, 0.1) is 5.82 Å². The minimum atomic E-state index is -0.190. The van der Waals surface area contributed by atoms with Crippen molar-refractivity contribution >= 4 is 11.6 Å². The quantitative estimate of drug-likeness (QED) is 0.865. The Morgan fingerprint density at radius 3 is 2.35 bits per heavy atom. The summed E-state index contributed by atoms with van der Waals surface area (Å²) in [5.74, 6) is -0.169. The molecule has 0 unspecified atom stereocenters. The maximum atomic E-state index is 13.3. The highest BCUT2D eigenvalue weighted by atomic mass is 19.1. The molecule has 1 amide bonds. The van der Waals surface area contributed by atoms with Crippen molar-refractivity contribution < 1.29 is 9.18 Å². The van der Waals surface area contributed by atoms with Crippen molar-refractivity contribution in [1.29, 1.82) is 0 Å². The molecule has 1 N–H and O–H groups in total. The van der Waals surface area contributed by atoms with Gasteiger partial charge in [-0.05, 0) is 41.8 Å². The van der Waals surface area contributed by atoms with Crippen LogP contribution in [0.25, 0.3) is 0 Å². The number of benzene rings is 2. The third-order valence-corrected chi connectivity index (χ3v) is 4.77. The van der Waals surface area contributed by atoms with E-state index in [9.17, 15) is 9.18 Å². The summed E-state index contributed by atoms with van der Waals surface area (Å²) in [6.07, 6.45) is 0.994. The molecule has 0 bridgehead atoms. The average Bonchev–Trinajstić information content (AvgIpc) is 2.64. The lowest BCUT2D eigenvalue weighted by molar-refractivity contribution is -0.117. The Morgan fingerprint density at radius 2 is 1.69 bits per heavy atom. The Hall–Kier alpha value is -2.24. The zero-order valence-corrected chi connectivity index (χ0v) is 15.2. The van der Waals surface area contributed by atoms with Crippen molar-refractivity contribution in [3.8, 4) is 0 Å². The number of hydrogen-bond donors (Lipinski definition) is 1. The average molecular weight is 355 g/mol. The predicted molar refractivity (Wildman–Crippen MR) is 103 cm³/mol. The van der Waals surface area contributed by atoms with Crippen molar-refractivity contribution in [3.05, 3.63) is 65.5 Å². The summed E-state index contributed by atoms with van der Waals surface area (Å²) in [5, 5.41) is 2.96. The van der Waals surface area contributed by atoms with E-state index in [-0.39, 0.29) is 11.7 Å². The first-order valence-electron chi connectivity index (χ1n) is 9.20. The molecular formula is C21H26FN3O. The number of hydrogen-bond acceptors (Lipinski definition) is 3. The fourth-order valence-electron chi connectivity index (χ4n) is 3.23. The highest BCUT2D eigenvalue weighted by Crippen LogP contribution is 2.12. The molecule has 3 rings (SSSR count). The van der Waals surface area contributed by atoms with E-state index in [2.05, 4.69) is 22.0 Å². The van der Waals surface area contributed by atoms with Gasteiger partial charge >= 0.3 is 0 Å². The van der Waals surface area contributed by atoms with E-state index in [1.165, 1.54) is 11.6 Å². The molecule has 1 saturated heterocycles. The van der Waals surface area contributed by atoms with Gasteiger partial charge in [0, 0.05) is 38.4 Å². The van der Waals surface area contributed by atoms with Gasteiger partial charge in [0.05, 0.1) is 6.54 Å². The summed E-state index contributed by atoms with van der Waals surface area (Å²) < 4.78 is 13.3. The second kappa shape index (κ2) is 8.92. The summed E-state index contributed by atoms with van der Waals surface area (Å²) >= 11 is 0. The molecule has 1 heterocycles. The van der Waals surface area contributed by atoms with Gasteiger partial charge < -0.3 is 5.32 Å². The Kier molecular flexibility index (Phi) is 6.36. The number of anilines is 1. The Labute approximate surface area is 154 Å². The largest absolute Gasteiger partial charge is 0.325 e. The van der Waals surface area contributed by atoms with Crippen LogP contribution in [0.15, 0.2) is 48.5 Å². The molecule has 2 aromatic carbocycles. The lowest BCUT2D eigenvalue weighted by Gasteiger charge is -2.34. The molecule has 0 aliphatic carbocycles. The van der Waals surface area contributed by atoms with Gasteiger partial charge in [-0.25, -0.2) is 4.39 Å². The van der Waals surface area contributed by atoms with E-state index in [0.717, 1.165) is 50.4 Å². The maximum Gasteiger partial charge on any atom is 0.238 e. The van der Waals surface area contributed by atoms with Crippen LogP contribution >= 0.6 is 0 Å². The predicted octanol–water partition coefficient (Wildman–Crippen LogP) is 3.14. The first kappa shape index (κ1) is 18.5. The molecular weight excluding hydrogens is 329 g/mol. The van der Waals surface area contributed by atoms with Gasteiger partial charge in [0.2, 0.25) is 5.91 Å². The summed E-state index contributed by atoms with van der Waals surface area (Å²) in [7, 11) is 0. The van der Waals surface area contributed by atoms with Crippen LogP contribution in [0.3, 0.4) is 0 Å². The van der Waals surface area contributed by atoms with Gasteiger partial charge in [-0.15, -0.1) is 0 Å². The summed E-state index contributed by atoms with van der Waals surface area (Å²) in [6.45, 7) is 6.73. The van der Waals surface area contributed by atoms with Gasteiger partial charge in [-0.3, -0.25) is 14.6 Å². The van der Waals surface area contributed by atoms with E-state index in [1.54, 1.807) is 12.1 Å². The van der Waals surface area contributed by atoms with Crippen LogP contribution in [-0.4, -0.2) is 48.4 Å². The standard InChI is InChI=1S/C21H26FN3O/c1-2-17-6-8-20(9-7-17)23-21(26)16-25-12-10-24(11-13-25)15-18-4-3-5-19(22)14-18/h3-9,14H,2,10-13,15-16H2,1H3,(H,23,26). The Balaban J connectivity index is 1.42. The normalized spacial score (nSPS) is 15.8. The molecule has 5 heteroatoms. The van der Waals surface area contributed by atoms with E-state index in [0.29, 0.717) is 6.54 Å². The fraction of sp³-hybridized carbons (Fsp3) is 0.381. The minimum Gasteiger partial charge on any atom is -0.325 e. The number of carbonyl (C=O) groups is 1. The van der Waals surface area contributed by atoms with Crippen LogP contribution in [0.2, 0.25) is 0 Å². The zero-order valence-electron chi connectivity index (χ0n) is 15.2. The summed E-state index contributed by atoms with van der Waals surface area (Å²) in [6, 6.07) is 14.7. The zero-order chi connectivity index (χ0) is 18.4. The molecule has 4 nitrogen and oxygen atoms in total. The number of rotatable bonds is 6. The smallest absolute Gasteiger partial charge is 0.238 e. The second-order valence-electron chi connectivity index (χ2n) is 6.78. The minimum absolute atomic E-state index is 0.0211. The van der Waals surface area contributed by atoms with E-state index >= 15 is 0 Å². The number of piperazine rings is 1. The third-order valence-electron chi connectivity index (χ3n) is 4.77. The van der Waals surface area contributed by atoms with Crippen LogP contribution in [0.4, 0.5) is 10.1 Å². The monoisotopic (exact) mass is 355 g/mol. The van der Waals surface area contributed by atoms with Crippen LogP contribution in [-0.2, 0) is 17.8 Å². The highest BCUT2D eigenvalue weighted by Gasteiger charge is 2.19. The van der Waals surface area contributed by atoms with Gasteiger partial charge in [-0.2, -0.15) is 0 Å². The van der Waals surface area contributed by atoms with Crippen molar-refractivity contribution in [2.24, 2.45) is 0 Å². The second-order valence-corrected chi connectivity index (χ2v) is 6.78. The van der Waals surface area contributed by atoms with Crippen LogP contribution in [0.5, 0.6) is 0 Å². The maximum absolute atomic E-state index is 13.3. The van der Waals surface area contributed by atoms with Crippen molar-refractivity contribution in [1.82, 2.24) is 9.80 Å². The topological polar surface area (TPSA) is 35.6 Å². The van der Waals surface area contributed by atoms with E-state index < -0.39 is 0 Å². The highest BCUT2D eigenvalue weighted by molar-refractivity contribution is 5.92. The molecule has 0 aromatic heterocycles. The lowest BCUT2D eigenvalue weighted by atomic mass is 10.1. The van der Waals surface area contributed by atoms with Gasteiger partial charge in [0.25, 0.3) is 0 Å². The third kappa shape index (κ3) is 5.38. The molecule has 26 heavy (non-hydrogen) atoms. The Morgan fingerprint density at radius 1 is 1.00 bits per heavy atom. The number of halogens is 1. The van der Waals surface area contributed by atoms with Gasteiger partial charge in [0.1, 0.15) is 5.82 Å². The van der Waals surface area contributed by atoms with Crippen molar-refractivity contribution in [2.75, 3.05) is 38.0 Å². The number of nitrogens with one attached hydrogen (secondary N) is 1. The van der Waals surface area contributed by atoms with E-state index in [1.807, 2.05) is 30.3 Å². The fourth-order valence-corrected chi connectivity index (χ4v) is 3.23. The first-order chi connectivity index (χ1) is 12.6. The molecule has 138 valence electrons. The van der Waals surface area contributed by atoms with Crippen LogP contribution < -0.4 is 5.32 Å². The molecule has 0 radical (unpaired) electrons. The first-order valence-corrected chi connectivity index (χ1v) is 9.20. The molecule has 1 fully saturated rings. The van der Waals surface area contributed by atoms with Crippen molar-refractivity contribution in [3.63, 3.8) is 0 Å². The van der Waals surface area contributed by atoms with Gasteiger partial charge in [-0.1, -0.05) is 31.2 Å². The molecule has 2 aromatic rings. The molecule has 0 atom stereocenters. The number of aryl methyl sites for hydroxylation is 1. The van der Waals surface area contributed by atoms with E-state index in [4.69, 9.17) is 0 Å². The molecule has 0 saturated carbocycles. The number of carbonyl (C=O) groups excluding carboxylic acids is 1.